The van der Waals surface area contributed by atoms with E-state index in [1.165, 1.54) is 22.3 Å². The molecule has 5 rings (SSSR count). The van der Waals surface area contributed by atoms with Crippen LogP contribution in [-0.2, 0) is 25.0 Å². The van der Waals surface area contributed by atoms with Crippen LogP contribution in [0.5, 0.6) is 0 Å². The molecular formula is C24H30B2O4. The van der Waals surface area contributed by atoms with E-state index in [1.807, 2.05) is 0 Å². The molecule has 2 aliphatic heterocycles. The molecule has 30 heavy (non-hydrogen) atoms. The molecule has 0 spiro atoms. The Kier molecular flexibility index (Phi) is 4.37. The van der Waals surface area contributed by atoms with E-state index in [4.69, 9.17) is 18.6 Å². The van der Waals surface area contributed by atoms with Gasteiger partial charge in [0.2, 0.25) is 0 Å². The fourth-order valence-corrected chi connectivity index (χ4v) is 4.42. The van der Waals surface area contributed by atoms with Crippen molar-refractivity contribution in [2.24, 2.45) is 0 Å². The maximum absolute atomic E-state index is 6.25. The van der Waals surface area contributed by atoms with Gasteiger partial charge >= 0.3 is 14.2 Å². The van der Waals surface area contributed by atoms with Crippen molar-refractivity contribution >= 4 is 25.2 Å². The van der Waals surface area contributed by atoms with Gasteiger partial charge < -0.3 is 18.6 Å². The Bertz CT molecular complexity index is 998. The van der Waals surface area contributed by atoms with E-state index in [0.717, 1.165) is 17.3 Å². The molecule has 0 saturated carbocycles. The molecule has 3 aliphatic rings. The highest BCUT2D eigenvalue weighted by Crippen LogP contribution is 2.39. The molecule has 2 aromatic carbocycles. The molecule has 0 radical (unpaired) electrons. The number of hydrogen-bond donors (Lipinski definition) is 0. The monoisotopic (exact) mass is 404 g/mol. The smallest absolute Gasteiger partial charge is 0.402 e. The fourth-order valence-electron chi connectivity index (χ4n) is 4.42. The van der Waals surface area contributed by atoms with Gasteiger partial charge in [-0.2, -0.15) is 0 Å². The first-order valence-corrected chi connectivity index (χ1v) is 10.9. The van der Waals surface area contributed by atoms with Crippen LogP contribution in [0.1, 0.15) is 59.6 Å². The second kappa shape index (κ2) is 6.46. The van der Waals surface area contributed by atoms with Gasteiger partial charge in [0.1, 0.15) is 0 Å². The van der Waals surface area contributed by atoms with Crippen LogP contribution in [0.4, 0.5) is 0 Å². The SMILES string of the molecule is CC1OB(c2ccc3c(c2)Cc2cc(B4OC(C)(C)C(C)(C)O4)ccc2-3)OC1(C)C. The molecule has 2 fully saturated rings. The standard InChI is InChI=1S/C24H30B2O4/c1-15-22(2,3)28-25(27-15)18-8-10-20-16(13-18)12-17-14-19(9-11-21(17)20)26-29-23(4,5)24(6,7)30-26/h8-11,13-15H,12H2,1-7H3. The average molecular weight is 404 g/mol. The van der Waals surface area contributed by atoms with Crippen LogP contribution < -0.4 is 10.9 Å². The first-order chi connectivity index (χ1) is 14.0. The topological polar surface area (TPSA) is 36.9 Å². The van der Waals surface area contributed by atoms with Crippen LogP contribution in [0.2, 0.25) is 0 Å². The Labute approximate surface area is 180 Å². The second-order valence-electron chi connectivity index (χ2n) is 10.4. The largest absolute Gasteiger partial charge is 0.494 e. The van der Waals surface area contributed by atoms with E-state index in [9.17, 15) is 0 Å². The zero-order valence-electron chi connectivity index (χ0n) is 19.0. The second-order valence-corrected chi connectivity index (χ2v) is 10.4. The van der Waals surface area contributed by atoms with Crippen LogP contribution in [-0.4, -0.2) is 37.1 Å². The summed E-state index contributed by atoms with van der Waals surface area (Å²) in [5, 5.41) is 0. The first kappa shape index (κ1) is 20.3. The van der Waals surface area contributed by atoms with Crippen molar-refractivity contribution in [1.29, 1.82) is 0 Å². The zero-order chi connectivity index (χ0) is 21.5. The lowest BCUT2D eigenvalue weighted by Crippen LogP contribution is -2.41. The molecular weight excluding hydrogens is 374 g/mol. The number of hydrogen-bond acceptors (Lipinski definition) is 4. The summed E-state index contributed by atoms with van der Waals surface area (Å²) in [5.74, 6) is 0. The third-order valence-corrected chi connectivity index (χ3v) is 7.44. The van der Waals surface area contributed by atoms with E-state index < -0.39 is 0 Å². The molecule has 0 bridgehead atoms. The summed E-state index contributed by atoms with van der Waals surface area (Å²) in [4.78, 5) is 0. The van der Waals surface area contributed by atoms with Crippen molar-refractivity contribution in [2.45, 2.75) is 77.8 Å². The molecule has 2 aromatic rings. The summed E-state index contributed by atoms with van der Waals surface area (Å²) in [6.45, 7) is 14.6. The highest BCUT2D eigenvalue weighted by atomic mass is 16.7. The minimum Gasteiger partial charge on any atom is -0.402 e. The van der Waals surface area contributed by atoms with E-state index in [-0.39, 0.29) is 37.1 Å². The van der Waals surface area contributed by atoms with Gasteiger partial charge in [-0.05, 0) is 88.1 Å². The summed E-state index contributed by atoms with van der Waals surface area (Å²) in [6.07, 6.45) is 0.966. The van der Waals surface area contributed by atoms with Crippen LogP contribution in [0.25, 0.3) is 11.1 Å². The van der Waals surface area contributed by atoms with Crippen LogP contribution in [0.3, 0.4) is 0 Å². The fraction of sp³-hybridized carbons (Fsp3) is 0.500. The Balaban J connectivity index is 1.40. The van der Waals surface area contributed by atoms with Gasteiger partial charge in [0.25, 0.3) is 0 Å². The molecule has 2 saturated heterocycles. The Morgan fingerprint density at radius 2 is 1.23 bits per heavy atom. The van der Waals surface area contributed by atoms with Crippen molar-refractivity contribution in [3.63, 3.8) is 0 Å². The number of fused-ring (bicyclic) bond motifs is 3. The average Bonchev–Trinajstić information content (AvgIpc) is 3.22. The number of benzene rings is 2. The Hall–Kier alpha value is -1.59. The van der Waals surface area contributed by atoms with Gasteiger partial charge in [0, 0.05) is 0 Å². The van der Waals surface area contributed by atoms with Crippen molar-refractivity contribution < 1.29 is 18.6 Å². The lowest BCUT2D eigenvalue weighted by Gasteiger charge is -2.32. The maximum Gasteiger partial charge on any atom is 0.494 e. The highest BCUT2D eigenvalue weighted by Gasteiger charge is 2.52. The maximum atomic E-state index is 6.25. The zero-order valence-corrected chi connectivity index (χ0v) is 19.0. The third-order valence-electron chi connectivity index (χ3n) is 7.44. The molecule has 4 nitrogen and oxygen atoms in total. The van der Waals surface area contributed by atoms with Crippen molar-refractivity contribution in [3.8, 4) is 11.1 Å². The Morgan fingerprint density at radius 3 is 1.70 bits per heavy atom. The molecule has 156 valence electrons. The predicted molar refractivity (Wildman–Crippen MR) is 121 cm³/mol. The molecule has 0 N–H and O–H groups in total. The summed E-state index contributed by atoms with van der Waals surface area (Å²) >= 11 is 0. The van der Waals surface area contributed by atoms with Crippen molar-refractivity contribution in [3.05, 3.63) is 47.5 Å². The lowest BCUT2D eigenvalue weighted by atomic mass is 9.77. The van der Waals surface area contributed by atoms with E-state index in [1.54, 1.807) is 0 Å². The normalized spacial score (nSPS) is 25.5. The summed E-state index contributed by atoms with van der Waals surface area (Å²) in [7, 11) is -0.632. The van der Waals surface area contributed by atoms with E-state index >= 15 is 0 Å². The van der Waals surface area contributed by atoms with Crippen molar-refractivity contribution in [1.82, 2.24) is 0 Å². The van der Waals surface area contributed by atoms with Crippen molar-refractivity contribution in [2.75, 3.05) is 0 Å². The van der Waals surface area contributed by atoms with Crippen LogP contribution in [0.15, 0.2) is 36.4 Å². The Morgan fingerprint density at radius 1 is 0.733 bits per heavy atom. The van der Waals surface area contributed by atoms with Crippen LogP contribution >= 0.6 is 0 Å². The van der Waals surface area contributed by atoms with Gasteiger partial charge in [-0.3, -0.25) is 0 Å². The van der Waals surface area contributed by atoms with Crippen LogP contribution in [0, 0.1) is 0 Å². The van der Waals surface area contributed by atoms with Gasteiger partial charge in [0.15, 0.2) is 0 Å². The van der Waals surface area contributed by atoms with Gasteiger partial charge in [-0.15, -0.1) is 0 Å². The molecule has 2 heterocycles. The van der Waals surface area contributed by atoms with E-state index in [2.05, 4.69) is 84.9 Å². The lowest BCUT2D eigenvalue weighted by molar-refractivity contribution is 0.00578. The molecule has 1 atom stereocenters. The van der Waals surface area contributed by atoms with Gasteiger partial charge in [-0.1, -0.05) is 36.4 Å². The molecule has 1 unspecified atom stereocenters. The van der Waals surface area contributed by atoms with Gasteiger partial charge in [0.05, 0.1) is 22.9 Å². The summed E-state index contributed by atoms with van der Waals surface area (Å²) in [6, 6.07) is 13.2. The number of rotatable bonds is 2. The predicted octanol–water partition coefficient (Wildman–Crippen LogP) is 3.47. The summed E-state index contributed by atoms with van der Waals surface area (Å²) in [5.41, 5.74) is 6.45. The minimum atomic E-state index is -0.333. The third kappa shape index (κ3) is 3.08. The minimum absolute atomic E-state index is 0.0652. The molecule has 1 aliphatic carbocycles. The summed E-state index contributed by atoms with van der Waals surface area (Å²) < 4.78 is 24.7. The molecule has 0 aromatic heterocycles. The molecule has 0 amide bonds. The van der Waals surface area contributed by atoms with E-state index in [0.29, 0.717) is 0 Å². The quantitative estimate of drug-likeness (QED) is 0.614. The molecule has 6 heteroatoms. The first-order valence-electron chi connectivity index (χ1n) is 10.9. The highest BCUT2D eigenvalue weighted by molar-refractivity contribution is 6.62. The van der Waals surface area contributed by atoms with Gasteiger partial charge in [-0.25, -0.2) is 0 Å².